The van der Waals surface area contributed by atoms with Crippen LogP contribution in [0.1, 0.15) is 22.3 Å². The number of aromatic nitrogens is 2. The van der Waals surface area contributed by atoms with E-state index in [2.05, 4.69) is 0 Å². The second-order valence-electron chi connectivity index (χ2n) is 7.78. The van der Waals surface area contributed by atoms with E-state index in [9.17, 15) is 24.1 Å². The molecule has 4 rings (SSSR count). The summed E-state index contributed by atoms with van der Waals surface area (Å²) in [6.07, 6.45) is -2.38. The summed E-state index contributed by atoms with van der Waals surface area (Å²) in [7, 11) is 14.1. The van der Waals surface area contributed by atoms with Gasteiger partial charge in [-0.2, -0.15) is 0 Å². The van der Waals surface area contributed by atoms with Crippen LogP contribution in [0.4, 0.5) is 4.39 Å². The molecule has 1 aromatic carbocycles. The summed E-state index contributed by atoms with van der Waals surface area (Å²) >= 11 is 0. The quantitative estimate of drug-likeness (QED) is 0.295. The molecule has 1 unspecified atom stereocenters. The Hall–Kier alpha value is -2.64. The number of para-hydroxylation sites is 1. The normalized spacial score (nSPS) is 30.3. The van der Waals surface area contributed by atoms with E-state index in [-0.39, 0.29) is 24.4 Å². The van der Waals surface area contributed by atoms with Crippen LogP contribution < -0.4 is 20.5 Å². The second-order valence-corrected chi connectivity index (χ2v) is 9.30. The average Bonchev–Trinajstić information content (AvgIpc) is 3.03. The number of aliphatic hydroxyl groups is 1. The molecule has 35 heavy (non-hydrogen) atoms. The minimum atomic E-state index is -4.70. The lowest BCUT2D eigenvalue weighted by Gasteiger charge is -2.41. The maximum Gasteiger partial charge on any atom is 0.529 e. The number of aromatic amines is 1. The Balaban J connectivity index is 1.65. The second kappa shape index (κ2) is 8.49. The standard InChI is InChI=1S/C18H15B3FN2O10P/c1-30-11-4-2-3-9-8-31-35(29,32-13(9)11)34-18(20,21)16(22)5-12(26)17(19,33-16)24-6-10(7-25)14(27)23-15(24)28/h2-4,6-7,12,26H,5,8H2,1H3,(H,23,27,28)/t12-,16+,17+,35?/m1/s1. The van der Waals surface area contributed by atoms with Crippen LogP contribution in [0.3, 0.4) is 0 Å². The number of phosphoric ester groups is 1. The van der Waals surface area contributed by atoms with E-state index in [1.165, 1.54) is 13.2 Å². The maximum atomic E-state index is 15.9. The molecule has 0 aliphatic carbocycles. The van der Waals surface area contributed by atoms with E-state index < -0.39 is 54.0 Å². The SMILES string of the molecule is [B]C([B])(OP1(=O)OCc2cccc(OC)c2O1)[C@]1(F)C[C@@H](O)[C@]([B])(n2cc(C=O)c(=O)[nH]c2=O)O1. The van der Waals surface area contributed by atoms with Crippen LogP contribution >= 0.6 is 7.82 Å². The highest BCUT2D eigenvalue weighted by Gasteiger charge is 2.63. The van der Waals surface area contributed by atoms with Gasteiger partial charge >= 0.3 is 13.5 Å². The van der Waals surface area contributed by atoms with Crippen LogP contribution in [0.5, 0.6) is 11.5 Å². The summed E-state index contributed by atoms with van der Waals surface area (Å²) in [5.74, 6) is -3.25. The molecule has 12 nitrogen and oxygen atoms in total. The minimum Gasteiger partial charge on any atom is -0.493 e. The molecule has 1 fully saturated rings. The smallest absolute Gasteiger partial charge is 0.493 e. The van der Waals surface area contributed by atoms with Gasteiger partial charge in [-0.3, -0.25) is 28.2 Å². The van der Waals surface area contributed by atoms with Gasteiger partial charge in [-0.15, -0.1) is 0 Å². The number of methoxy groups -OCH3 is 1. The van der Waals surface area contributed by atoms with Gasteiger partial charge < -0.3 is 19.1 Å². The number of hydrogen-bond donors (Lipinski definition) is 2. The molecule has 2 aromatic rings. The fourth-order valence-corrected chi connectivity index (χ4v) is 4.94. The Labute approximate surface area is 200 Å². The Bertz CT molecular complexity index is 1340. The monoisotopic (exact) mass is 502 g/mol. The Morgan fingerprint density at radius 1 is 1.40 bits per heavy atom. The van der Waals surface area contributed by atoms with E-state index in [0.717, 1.165) is 0 Å². The van der Waals surface area contributed by atoms with Gasteiger partial charge in [0.05, 0.1) is 30.8 Å². The number of aliphatic hydroxyl groups excluding tert-OH is 1. The lowest BCUT2D eigenvalue weighted by atomic mass is 9.60. The maximum absolute atomic E-state index is 15.9. The van der Waals surface area contributed by atoms with Gasteiger partial charge in [0.15, 0.2) is 17.8 Å². The zero-order chi connectivity index (χ0) is 25.8. The topological polar surface area (TPSA) is 155 Å². The van der Waals surface area contributed by atoms with Gasteiger partial charge in [0.2, 0.25) is 5.85 Å². The third-order valence-corrected chi connectivity index (χ3v) is 6.82. The first-order valence-electron chi connectivity index (χ1n) is 9.84. The van der Waals surface area contributed by atoms with Crippen molar-refractivity contribution in [2.24, 2.45) is 0 Å². The molecule has 0 bridgehead atoms. The van der Waals surface area contributed by atoms with Gasteiger partial charge in [-0.05, 0) is 6.07 Å². The van der Waals surface area contributed by atoms with E-state index in [4.69, 9.17) is 46.6 Å². The molecule has 0 amide bonds. The van der Waals surface area contributed by atoms with Crippen molar-refractivity contribution in [1.82, 2.24) is 9.55 Å². The van der Waals surface area contributed by atoms with Crippen LogP contribution in [0.15, 0.2) is 34.0 Å². The molecule has 3 heterocycles. The van der Waals surface area contributed by atoms with Gasteiger partial charge in [-0.1, -0.05) is 12.1 Å². The Morgan fingerprint density at radius 3 is 2.77 bits per heavy atom. The molecule has 0 spiro atoms. The van der Waals surface area contributed by atoms with Crippen LogP contribution in [0.25, 0.3) is 0 Å². The molecule has 2 aliphatic rings. The summed E-state index contributed by atoms with van der Waals surface area (Å²) < 4.78 is 55.1. The van der Waals surface area contributed by atoms with Crippen molar-refractivity contribution in [1.29, 1.82) is 0 Å². The van der Waals surface area contributed by atoms with Crippen molar-refractivity contribution < 1.29 is 41.9 Å². The van der Waals surface area contributed by atoms with Crippen LogP contribution in [-0.4, -0.2) is 69.0 Å². The van der Waals surface area contributed by atoms with E-state index >= 15 is 4.39 Å². The lowest BCUT2D eigenvalue weighted by molar-refractivity contribution is -0.219. The molecule has 4 atom stereocenters. The molecule has 1 saturated heterocycles. The molecule has 2 N–H and O–H groups in total. The van der Waals surface area contributed by atoms with Crippen molar-refractivity contribution in [3.8, 4) is 11.5 Å². The number of carbonyl (C=O) groups excluding carboxylic acids is 1. The van der Waals surface area contributed by atoms with Gasteiger partial charge in [0.1, 0.15) is 29.2 Å². The highest BCUT2D eigenvalue weighted by atomic mass is 31.2. The van der Waals surface area contributed by atoms with Crippen LogP contribution in [0, 0.1) is 0 Å². The number of carbonyl (C=O) groups is 1. The zero-order valence-corrected chi connectivity index (χ0v) is 18.9. The molecule has 178 valence electrons. The van der Waals surface area contributed by atoms with Crippen molar-refractivity contribution in [2.45, 2.75) is 36.0 Å². The Kier molecular flexibility index (Phi) is 6.17. The zero-order valence-electron chi connectivity index (χ0n) is 18.0. The summed E-state index contributed by atoms with van der Waals surface area (Å²) in [5, 5.41) is 7.35. The number of nitrogens with zero attached hydrogens (tertiary/aromatic N) is 1. The number of nitrogens with one attached hydrogen (secondary N) is 1. The number of aldehydes is 1. The fourth-order valence-electron chi connectivity index (χ4n) is 3.57. The summed E-state index contributed by atoms with van der Waals surface area (Å²) in [6, 6.07) is 4.71. The lowest BCUT2D eigenvalue weighted by Crippen LogP contribution is -2.56. The van der Waals surface area contributed by atoms with Crippen molar-refractivity contribution in [3.63, 3.8) is 0 Å². The summed E-state index contributed by atoms with van der Waals surface area (Å²) in [6.45, 7) is -0.301. The molecule has 17 heteroatoms. The molecular formula is C18H15B3FN2O10P. The predicted molar refractivity (Wildman–Crippen MR) is 117 cm³/mol. The average molecular weight is 502 g/mol. The van der Waals surface area contributed by atoms with Gasteiger partial charge in [-0.25, -0.2) is 13.8 Å². The number of H-pyrrole nitrogens is 1. The van der Waals surface area contributed by atoms with Crippen molar-refractivity contribution in [2.75, 3.05) is 7.11 Å². The number of phosphoric acid groups is 1. The van der Waals surface area contributed by atoms with Gasteiger partial charge in [0, 0.05) is 18.2 Å². The first-order valence-corrected chi connectivity index (χ1v) is 11.3. The molecule has 6 radical (unpaired) electrons. The molecule has 0 saturated carbocycles. The van der Waals surface area contributed by atoms with Crippen LogP contribution in [0.2, 0.25) is 0 Å². The van der Waals surface area contributed by atoms with E-state index in [0.29, 0.717) is 16.3 Å². The fraction of sp³-hybridized carbons (Fsp3) is 0.389. The largest absolute Gasteiger partial charge is 0.529 e. The van der Waals surface area contributed by atoms with Crippen molar-refractivity contribution >= 4 is 37.6 Å². The number of benzene rings is 1. The van der Waals surface area contributed by atoms with Gasteiger partial charge in [0.25, 0.3) is 5.56 Å². The van der Waals surface area contributed by atoms with E-state index in [1.807, 2.05) is 0 Å². The number of rotatable bonds is 6. The summed E-state index contributed by atoms with van der Waals surface area (Å²) in [4.78, 5) is 36.8. The Morgan fingerprint density at radius 2 is 2.11 bits per heavy atom. The predicted octanol–water partition coefficient (Wildman–Crippen LogP) is -0.692. The number of hydrogen-bond acceptors (Lipinski definition) is 10. The third-order valence-electron chi connectivity index (χ3n) is 5.44. The number of halogens is 1. The van der Waals surface area contributed by atoms with Crippen molar-refractivity contribution in [3.05, 3.63) is 56.4 Å². The first kappa shape index (κ1) is 25.5. The number of ether oxygens (including phenoxy) is 2. The minimum absolute atomic E-state index is 0.0185. The van der Waals surface area contributed by atoms with Crippen LogP contribution in [-0.2, 0) is 30.6 Å². The molecule has 1 aromatic heterocycles. The number of fused-ring (bicyclic) bond motifs is 1. The molecular weight excluding hydrogens is 487 g/mol. The highest BCUT2D eigenvalue weighted by molar-refractivity contribution is 7.49. The first-order chi connectivity index (χ1) is 16.3. The summed E-state index contributed by atoms with van der Waals surface area (Å²) in [5.41, 5.74) is -5.17. The molecule has 2 aliphatic heterocycles. The number of alkyl halides is 1. The third kappa shape index (κ3) is 4.19. The highest BCUT2D eigenvalue weighted by Crippen LogP contribution is 2.60. The van der Waals surface area contributed by atoms with E-state index in [1.54, 1.807) is 17.1 Å².